The normalized spacial score (nSPS) is 17.2. The number of aryl methyl sites for hydroxylation is 1. The van der Waals surface area contributed by atoms with Gasteiger partial charge in [-0.1, -0.05) is 29.8 Å². The second-order valence-corrected chi connectivity index (χ2v) is 5.66. The number of fused-ring (bicyclic) bond motifs is 1. The predicted molar refractivity (Wildman–Crippen MR) is 83.5 cm³/mol. The molecule has 0 aromatic heterocycles. The fourth-order valence-electron chi connectivity index (χ4n) is 2.77. The Bertz CT molecular complexity index is 659. The number of benzene rings is 2. The van der Waals surface area contributed by atoms with Crippen molar-refractivity contribution in [3.05, 3.63) is 52.8 Å². The summed E-state index contributed by atoms with van der Waals surface area (Å²) < 4.78 is 20.0. The smallest absolute Gasteiger partial charge is 0.131 e. The molecule has 2 aromatic carbocycles. The largest absolute Gasteiger partial charge is 0.488 e. The summed E-state index contributed by atoms with van der Waals surface area (Å²) in [7, 11) is 1.90. The minimum Gasteiger partial charge on any atom is -0.488 e. The average molecular weight is 306 g/mol. The Balaban J connectivity index is 2.09. The Morgan fingerprint density at radius 1 is 1.29 bits per heavy atom. The summed E-state index contributed by atoms with van der Waals surface area (Å²) in [5.41, 5.74) is 2.45. The molecule has 0 bridgehead atoms. The number of hydrogen-bond donors (Lipinski definition) is 1. The molecule has 1 heterocycles. The van der Waals surface area contributed by atoms with Crippen molar-refractivity contribution < 1.29 is 9.13 Å². The molecule has 0 unspecified atom stereocenters. The van der Waals surface area contributed by atoms with Crippen molar-refractivity contribution in [2.45, 2.75) is 18.9 Å². The molecule has 110 valence electrons. The molecule has 1 aliphatic rings. The summed E-state index contributed by atoms with van der Waals surface area (Å²) in [6.07, 6.45) is 1.81. The molecule has 1 aliphatic heterocycles. The molecular weight excluding hydrogens is 289 g/mol. The third kappa shape index (κ3) is 2.89. The standard InChI is InChI=1S/C17H17ClFNO/c1-20-10-13-7-6-11-8-12(19)9-15(17(11)21-13)14-4-2-3-5-16(14)18/h2-5,8-9,13,20H,6-7,10H2,1H3/t13-/m1/s1. The highest BCUT2D eigenvalue weighted by Crippen LogP contribution is 2.40. The molecule has 1 atom stereocenters. The molecule has 4 heteroatoms. The predicted octanol–water partition coefficient (Wildman–Crippen LogP) is 4.06. The van der Waals surface area contributed by atoms with Crippen LogP contribution in [0.1, 0.15) is 12.0 Å². The second-order valence-electron chi connectivity index (χ2n) is 5.26. The molecule has 0 radical (unpaired) electrons. The van der Waals surface area contributed by atoms with E-state index in [9.17, 15) is 4.39 Å². The molecule has 0 fully saturated rings. The van der Waals surface area contributed by atoms with Crippen LogP contribution < -0.4 is 10.1 Å². The first-order chi connectivity index (χ1) is 10.2. The van der Waals surface area contributed by atoms with Crippen LogP contribution >= 0.6 is 11.6 Å². The van der Waals surface area contributed by atoms with Gasteiger partial charge >= 0.3 is 0 Å². The van der Waals surface area contributed by atoms with Crippen molar-refractivity contribution in [2.24, 2.45) is 0 Å². The summed E-state index contributed by atoms with van der Waals surface area (Å²) in [5.74, 6) is 0.510. The molecule has 1 N–H and O–H groups in total. The summed E-state index contributed by atoms with van der Waals surface area (Å²) in [4.78, 5) is 0. The summed E-state index contributed by atoms with van der Waals surface area (Å²) in [6, 6.07) is 10.5. The minimum atomic E-state index is -0.251. The van der Waals surface area contributed by atoms with Crippen molar-refractivity contribution in [3.63, 3.8) is 0 Å². The van der Waals surface area contributed by atoms with Crippen LogP contribution in [-0.4, -0.2) is 19.7 Å². The third-order valence-corrected chi connectivity index (χ3v) is 4.08. The van der Waals surface area contributed by atoms with Gasteiger partial charge in [-0.25, -0.2) is 4.39 Å². The van der Waals surface area contributed by atoms with Crippen LogP contribution in [0.15, 0.2) is 36.4 Å². The van der Waals surface area contributed by atoms with E-state index >= 15 is 0 Å². The molecule has 3 rings (SSSR count). The monoisotopic (exact) mass is 305 g/mol. The zero-order valence-electron chi connectivity index (χ0n) is 11.8. The maximum Gasteiger partial charge on any atom is 0.131 e. The molecule has 0 amide bonds. The van der Waals surface area contributed by atoms with E-state index in [1.165, 1.54) is 6.07 Å². The zero-order valence-corrected chi connectivity index (χ0v) is 12.6. The molecule has 0 saturated carbocycles. The average Bonchev–Trinajstić information content (AvgIpc) is 2.48. The molecular formula is C17H17ClFNO. The van der Waals surface area contributed by atoms with Gasteiger partial charge in [-0.3, -0.25) is 0 Å². The Kier molecular flexibility index (Phi) is 4.13. The number of likely N-dealkylation sites (N-methyl/N-ethyl adjacent to an activating group) is 1. The number of rotatable bonds is 3. The lowest BCUT2D eigenvalue weighted by molar-refractivity contribution is 0.174. The Hall–Kier alpha value is -1.58. The second kappa shape index (κ2) is 6.04. The van der Waals surface area contributed by atoms with Gasteiger partial charge in [-0.15, -0.1) is 0 Å². The lowest BCUT2D eigenvalue weighted by Gasteiger charge is -2.28. The van der Waals surface area contributed by atoms with E-state index in [-0.39, 0.29) is 11.9 Å². The highest BCUT2D eigenvalue weighted by molar-refractivity contribution is 6.33. The van der Waals surface area contributed by atoms with Crippen molar-refractivity contribution >= 4 is 11.6 Å². The minimum absolute atomic E-state index is 0.106. The highest BCUT2D eigenvalue weighted by Gasteiger charge is 2.24. The Morgan fingerprint density at radius 3 is 2.86 bits per heavy atom. The van der Waals surface area contributed by atoms with Crippen LogP contribution in [0.4, 0.5) is 4.39 Å². The van der Waals surface area contributed by atoms with Crippen molar-refractivity contribution in [3.8, 4) is 16.9 Å². The zero-order chi connectivity index (χ0) is 14.8. The fraction of sp³-hybridized carbons (Fsp3) is 0.294. The molecule has 0 spiro atoms. The van der Waals surface area contributed by atoms with Crippen molar-refractivity contribution in [1.82, 2.24) is 5.32 Å². The SMILES string of the molecule is CNC[C@H]1CCc2cc(F)cc(-c3ccccc3Cl)c2O1. The maximum absolute atomic E-state index is 13.9. The van der Waals surface area contributed by atoms with E-state index < -0.39 is 0 Å². The van der Waals surface area contributed by atoms with Gasteiger partial charge in [0.15, 0.2) is 0 Å². The third-order valence-electron chi connectivity index (χ3n) is 3.75. The Labute approximate surface area is 128 Å². The number of ether oxygens (including phenoxy) is 1. The van der Waals surface area contributed by atoms with Crippen LogP contribution in [-0.2, 0) is 6.42 Å². The first-order valence-corrected chi connectivity index (χ1v) is 7.45. The Morgan fingerprint density at radius 2 is 2.10 bits per heavy atom. The fourth-order valence-corrected chi connectivity index (χ4v) is 3.01. The van der Waals surface area contributed by atoms with Crippen LogP contribution in [0.2, 0.25) is 5.02 Å². The quantitative estimate of drug-likeness (QED) is 0.923. The van der Waals surface area contributed by atoms with Gasteiger partial charge in [0, 0.05) is 22.7 Å². The van der Waals surface area contributed by atoms with E-state index in [1.54, 1.807) is 6.07 Å². The van der Waals surface area contributed by atoms with Gasteiger partial charge in [0.2, 0.25) is 0 Å². The number of halogens is 2. The summed E-state index contributed by atoms with van der Waals surface area (Å²) >= 11 is 6.26. The van der Waals surface area contributed by atoms with Crippen molar-refractivity contribution in [1.29, 1.82) is 0 Å². The van der Waals surface area contributed by atoms with E-state index in [2.05, 4.69) is 5.32 Å². The molecule has 2 aromatic rings. The van der Waals surface area contributed by atoms with E-state index in [4.69, 9.17) is 16.3 Å². The number of nitrogens with one attached hydrogen (secondary N) is 1. The van der Waals surface area contributed by atoms with Crippen LogP contribution in [0.3, 0.4) is 0 Å². The van der Waals surface area contributed by atoms with Crippen molar-refractivity contribution in [2.75, 3.05) is 13.6 Å². The van der Waals surface area contributed by atoms with E-state index in [0.717, 1.165) is 41.8 Å². The lowest BCUT2D eigenvalue weighted by Crippen LogP contribution is -2.32. The van der Waals surface area contributed by atoms with Gasteiger partial charge in [0.25, 0.3) is 0 Å². The summed E-state index contributed by atoms with van der Waals surface area (Å²) in [5, 5.41) is 3.73. The van der Waals surface area contributed by atoms with Crippen LogP contribution in [0.25, 0.3) is 11.1 Å². The molecule has 2 nitrogen and oxygen atoms in total. The van der Waals surface area contributed by atoms with Gasteiger partial charge in [-0.05, 0) is 43.7 Å². The van der Waals surface area contributed by atoms with E-state index in [1.807, 2.05) is 31.3 Å². The summed E-state index contributed by atoms with van der Waals surface area (Å²) in [6.45, 7) is 0.777. The molecule has 21 heavy (non-hydrogen) atoms. The number of hydrogen-bond acceptors (Lipinski definition) is 2. The maximum atomic E-state index is 13.9. The van der Waals surface area contributed by atoms with Gasteiger partial charge in [-0.2, -0.15) is 0 Å². The first kappa shape index (κ1) is 14.4. The van der Waals surface area contributed by atoms with Crippen LogP contribution in [0, 0.1) is 5.82 Å². The lowest BCUT2D eigenvalue weighted by atomic mass is 9.95. The first-order valence-electron chi connectivity index (χ1n) is 7.07. The molecule has 0 aliphatic carbocycles. The van der Waals surface area contributed by atoms with Gasteiger partial charge < -0.3 is 10.1 Å². The van der Waals surface area contributed by atoms with Crippen LogP contribution in [0.5, 0.6) is 5.75 Å². The van der Waals surface area contributed by atoms with Gasteiger partial charge in [0.05, 0.1) is 0 Å². The molecule has 0 saturated heterocycles. The van der Waals surface area contributed by atoms with Gasteiger partial charge in [0.1, 0.15) is 17.7 Å². The highest BCUT2D eigenvalue weighted by atomic mass is 35.5. The van der Waals surface area contributed by atoms with E-state index in [0.29, 0.717) is 5.02 Å². The topological polar surface area (TPSA) is 21.3 Å².